The van der Waals surface area contributed by atoms with Crippen LogP contribution in [0.25, 0.3) is 16.4 Å². The Morgan fingerprint density at radius 2 is 2.26 bits per heavy atom. The Labute approximate surface area is 113 Å². The van der Waals surface area contributed by atoms with Gasteiger partial charge < -0.3 is 4.74 Å². The first-order valence-electron chi connectivity index (χ1n) is 5.87. The minimum atomic E-state index is -0.605. The molecule has 0 saturated heterocycles. The van der Waals surface area contributed by atoms with Crippen molar-refractivity contribution in [3.05, 3.63) is 41.3 Å². The lowest BCUT2D eigenvalue weighted by Gasteiger charge is -1.97. The molecule has 19 heavy (non-hydrogen) atoms. The van der Waals surface area contributed by atoms with E-state index in [2.05, 4.69) is 9.98 Å². The Kier molecular flexibility index (Phi) is 3.00. The van der Waals surface area contributed by atoms with E-state index in [0.29, 0.717) is 11.4 Å². The lowest BCUT2D eigenvalue weighted by molar-refractivity contribution is 0.162. The van der Waals surface area contributed by atoms with Crippen LogP contribution >= 0.6 is 11.5 Å². The van der Waals surface area contributed by atoms with E-state index in [1.54, 1.807) is 6.92 Å². The summed E-state index contributed by atoms with van der Waals surface area (Å²) in [4.78, 5) is 19.9. The summed E-state index contributed by atoms with van der Waals surface area (Å²) in [5.41, 5.74) is 0.797. The molecular formula is C13H11N3O2S. The summed E-state index contributed by atoms with van der Waals surface area (Å²) >= 11 is 1.30. The van der Waals surface area contributed by atoms with Crippen LogP contribution in [0.1, 0.15) is 6.92 Å². The van der Waals surface area contributed by atoms with Gasteiger partial charge in [0.25, 0.3) is 0 Å². The number of benzene rings is 1. The van der Waals surface area contributed by atoms with Crippen molar-refractivity contribution in [1.82, 2.24) is 8.77 Å². The summed E-state index contributed by atoms with van der Waals surface area (Å²) in [6.07, 6.45) is 1.31. The Morgan fingerprint density at radius 1 is 1.42 bits per heavy atom. The monoisotopic (exact) mass is 273 g/mol. The highest BCUT2D eigenvalue weighted by molar-refractivity contribution is 7.03. The minimum absolute atomic E-state index is 0.309. The van der Waals surface area contributed by atoms with E-state index in [1.165, 1.54) is 11.5 Å². The number of amides is 1. The van der Waals surface area contributed by atoms with Crippen molar-refractivity contribution in [2.24, 2.45) is 4.99 Å². The van der Waals surface area contributed by atoms with Gasteiger partial charge in [0, 0.05) is 11.6 Å². The number of carbonyl (C=O) groups is 1. The van der Waals surface area contributed by atoms with Gasteiger partial charge in [0.1, 0.15) is 0 Å². The number of pyridine rings is 1. The summed E-state index contributed by atoms with van der Waals surface area (Å²) in [6.45, 7) is 2.05. The van der Waals surface area contributed by atoms with Crippen molar-refractivity contribution >= 4 is 34.0 Å². The van der Waals surface area contributed by atoms with Crippen LogP contribution in [0.5, 0.6) is 0 Å². The highest BCUT2D eigenvalue weighted by atomic mass is 32.1. The van der Waals surface area contributed by atoms with Crippen LogP contribution < -0.4 is 4.80 Å². The fraction of sp³-hybridized carbons (Fsp3) is 0.154. The van der Waals surface area contributed by atoms with Gasteiger partial charge in [-0.25, -0.2) is 4.79 Å². The molecule has 0 aliphatic heterocycles. The van der Waals surface area contributed by atoms with Gasteiger partial charge in [0.15, 0.2) is 5.65 Å². The molecule has 5 nitrogen and oxygen atoms in total. The molecule has 2 aromatic heterocycles. The van der Waals surface area contributed by atoms with E-state index in [1.807, 2.05) is 40.3 Å². The molecule has 0 atom stereocenters. The van der Waals surface area contributed by atoms with E-state index >= 15 is 0 Å². The third-order valence-electron chi connectivity index (χ3n) is 2.64. The molecule has 0 N–H and O–H groups in total. The normalized spacial score (nSPS) is 12.2. The number of carbonyl (C=O) groups excluding carboxylic acids is 1. The maximum absolute atomic E-state index is 11.3. The Morgan fingerprint density at radius 3 is 3.11 bits per heavy atom. The number of nitrogens with zero attached hydrogens (tertiary/aromatic N) is 3. The number of aromatic nitrogens is 2. The fourth-order valence-corrected chi connectivity index (χ4v) is 2.61. The lowest BCUT2D eigenvalue weighted by Crippen LogP contribution is -2.06. The highest BCUT2D eigenvalue weighted by Gasteiger charge is 2.05. The quantitative estimate of drug-likeness (QED) is 0.684. The molecule has 0 radical (unpaired) electrons. The Hall–Kier alpha value is -2.21. The molecule has 3 aromatic rings. The number of ether oxygens (including phenoxy) is 1. The van der Waals surface area contributed by atoms with Gasteiger partial charge in [-0.1, -0.05) is 24.3 Å². The third-order valence-corrected chi connectivity index (χ3v) is 3.47. The largest absolute Gasteiger partial charge is 0.448 e. The van der Waals surface area contributed by atoms with E-state index < -0.39 is 6.09 Å². The average Bonchev–Trinajstić information content (AvgIpc) is 2.81. The van der Waals surface area contributed by atoms with Crippen LogP contribution in [0, 0.1) is 0 Å². The van der Waals surface area contributed by atoms with Crippen LogP contribution in [0.2, 0.25) is 0 Å². The molecule has 6 heteroatoms. The van der Waals surface area contributed by atoms with Crippen molar-refractivity contribution in [1.29, 1.82) is 0 Å². The zero-order chi connectivity index (χ0) is 13.2. The Bertz CT molecular complexity index is 819. The van der Waals surface area contributed by atoms with Gasteiger partial charge in [-0.05, 0) is 29.9 Å². The molecule has 0 aliphatic carbocycles. The molecule has 0 saturated carbocycles. The molecule has 1 amide bonds. The highest BCUT2D eigenvalue weighted by Crippen LogP contribution is 2.18. The Balaban J connectivity index is 2.20. The number of hydrogen-bond donors (Lipinski definition) is 0. The molecular weight excluding hydrogens is 262 g/mol. The van der Waals surface area contributed by atoms with Crippen LogP contribution in [0.4, 0.5) is 4.79 Å². The number of hydrogen-bond acceptors (Lipinski definition) is 4. The van der Waals surface area contributed by atoms with Crippen LogP contribution in [0.3, 0.4) is 0 Å². The molecule has 0 bridgehead atoms. The third kappa shape index (κ3) is 2.22. The van der Waals surface area contributed by atoms with Crippen molar-refractivity contribution < 1.29 is 9.53 Å². The summed E-state index contributed by atoms with van der Waals surface area (Å²) in [5, 5.41) is 2.14. The van der Waals surface area contributed by atoms with E-state index in [-0.39, 0.29) is 0 Å². The first-order valence-corrected chi connectivity index (χ1v) is 6.64. The van der Waals surface area contributed by atoms with E-state index in [9.17, 15) is 4.79 Å². The van der Waals surface area contributed by atoms with Crippen LogP contribution in [0.15, 0.2) is 41.5 Å². The maximum Gasteiger partial charge on any atom is 0.436 e. The van der Waals surface area contributed by atoms with Crippen LogP contribution in [-0.2, 0) is 4.74 Å². The van der Waals surface area contributed by atoms with Crippen molar-refractivity contribution in [3.8, 4) is 0 Å². The van der Waals surface area contributed by atoms with Crippen molar-refractivity contribution in [3.63, 3.8) is 0 Å². The first-order chi connectivity index (χ1) is 9.28. The second kappa shape index (κ2) is 4.81. The van der Waals surface area contributed by atoms with Gasteiger partial charge in [-0.15, -0.1) is 4.99 Å². The SMILES string of the molecule is CCOC(=O)/N=c1/nc2c3ccccc3ccn2s1. The smallest absolute Gasteiger partial charge is 0.436 e. The minimum Gasteiger partial charge on any atom is -0.448 e. The molecule has 0 aliphatic rings. The summed E-state index contributed by atoms with van der Waals surface area (Å²) in [6, 6.07) is 9.98. The molecule has 0 fully saturated rings. The maximum atomic E-state index is 11.3. The van der Waals surface area contributed by atoms with Crippen molar-refractivity contribution in [2.75, 3.05) is 6.61 Å². The van der Waals surface area contributed by atoms with Crippen molar-refractivity contribution in [2.45, 2.75) is 6.92 Å². The summed E-state index contributed by atoms with van der Waals surface area (Å²) < 4.78 is 6.67. The fourth-order valence-electron chi connectivity index (χ4n) is 1.84. The molecule has 0 unspecified atom stereocenters. The lowest BCUT2D eigenvalue weighted by atomic mass is 10.2. The molecule has 3 rings (SSSR count). The molecule has 1 aromatic carbocycles. The van der Waals surface area contributed by atoms with Crippen LogP contribution in [-0.4, -0.2) is 21.5 Å². The molecule has 96 valence electrons. The predicted octanol–water partition coefficient (Wildman–Crippen LogP) is 2.61. The standard InChI is InChI=1S/C13H11N3O2S/c1-2-18-13(17)15-12-14-11-10-6-4-3-5-9(10)7-8-16(11)19-12/h3-8H,2H2,1H3/b15-12-. The second-order valence-electron chi connectivity index (χ2n) is 3.85. The second-order valence-corrected chi connectivity index (χ2v) is 4.79. The summed E-state index contributed by atoms with van der Waals surface area (Å²) in [5.74, 6) is 0. The molecule has 0 spiro atoms. The van der Waals surface area contributed by atoms with Gasteiger partial charge in [-0.3, -0.25) is 3.79 Å². The summed E-state index contributed by atoms with van der Waals surface area (Å²) in [7, 11) is 0. The van der Waals surface area contributed by atoms with Gasteiger partial charge in [-0.2, -0.15) is 4.98 Å². The predicted molar refractivity (Wildman–Crippen MR) is 73.2 cm³/mol. The average molecular weight is 273 g/mol. The number of rotatable bonds is 1. The van der Waals surface area contributed by atoms with E-state index in [4.69, 9.17) is 4.74 Å². The van der Waals surface area contributed by atoms with E-state index in [0.717, 1.165) is 16.4 Å². The topological polar surface area (TPSA) is 56.0 Å². The van der Waals surface area contributed by atoms with Gasteiger partial charge >= 0.3 is 6.09 Å². The zero-order valence-electron chi connectivity index (χ0n) is 10.2. The van der Waals surface area contributed by atoms with Gasteiger partial charge in [0.05, 0.1) is 6.61 Å². The molecule has 2 heterocycles. The first kappa shape index (κ1) is 11.9. The van der Waals surface area contributed by atoms with Gasteiger partial charge in [0.2, 0.25) is 4.80 Å². The number of fused-ring (bicyclic) bond motifs is 3. The zero-order valence-corrected chi connectivity index (χ0v) is 11.1.